The maximum atomic E-state index is 13.1. The molecule has 9 heteroatoms. The zero-order valence-corrected chi connectivity index (χ0v) is 20.8. The van der Waals surface area contributed by atoms with Gasteiger partial charge < -0.3 is 29.2 Å². The molecule has 1 aliphatic heterocycles. The Hall–Kier alpha value is -4.11. The highest BCUT2D eigenvalue weighted by Gasteiger charge is 2.36. The van der Waals surface area contributed by atoms with Crippen LogP contribution in [0.25, 0.3) is 6.08 Å². The summed E-state index contributed by atoms with van der Waals surface area (Å²) < 4.78 is 20.8. The molecule has 3 rings (SSSR count). The summed E-state index contributed by atoms with van der Waals surface area (Å²) in [5.74, 6) is -0.136. The molecule has 0 spiro atoms. The van der Waals surface area contributed by atoms with E-state index in [-0.39, 0.29) is 29.6 Å². The van der Waals surface area contributed by atoms with Crippen molar-refractivity contribution in [2.45, 2.75) is 13.3 Å². The monoisotopic (exact) mass is 494 g/mol. The van der Waals surface area contributed by atoms with Crippen molar-refractivity contribution in [2.75, 3.05) is 46.4 Å². The van der Waals surface area contributed by atoms with E-state index in [9.17, 15) is 14.4 Å². The molecule has 36 heavy (non-hydrogen) atoms. The molecule has 2 aromatic carbocycles. The molecule has 0 aliphatic carbocycles. The Morgan fingerprint density at radius 3 is 2.42 bits per heavy atom. The molecule has 0 radical (unpaired) electrons. The Balaban J connectivity index is 1.69. The minimum absolute atomic E-state index is 0.193. The summed E-state index contributed by atoms with van der Waals surface area (Å²) in [6.07, 6.45) is 2.28. The summed E-state index contributed by atoms with van der Waals surface area (Å²) in [7, 11) is 4.41. The average Bonchev–Trinajstić information content (AvgIpc) is 3.12. The lowest BCUT2D eigenvalue weighted by atomic mass is 10.0. The number of nitrogens with one attached hydrogen (secondary N) is 1. The number of amides is 2. The second kappa shape index (κ2) is 12.6. The van der Waals surface area contributed by atoms with E-state index in [1.54, 1.807) is 67.5 Å². The SMILES string of the molecule is COCCCN1C(=O)/C(=C\c2ccc(OCC(=O)Nc3ccccc3OC)cc2)C(C(=O)OC)=C1C. The minimum atomic E-state index is -0.567. The first-order valence-electron chi connectivity index (χ1n) is 11.4. The zero-order chi connectivity index (χ0) is 26.1. The van der Waals surface area contributed by atoms with Crippen LogP contribution in [-0.2, 0) is 23.9 Å². The predicted octanol–water partition coefficient (Wildman–Crippen LogP) is 3.42. The number of allylic oxidation sites excluding steroid dienone is 1. The molecule has 0 atom stereocenters. The summed E-state index contributed by atoms with van der Waals surface area (Å²) in [6, 6.07) is 13.9. The van der Waals surface area contributed by atoms with E-state index in [1.165, 1.54) is 14.2 Å². The van der Waals surface area contributed by atoms with E-state index < -0.39 is 5.97 Å². The molecule has 0 saturated heterocycles. The van der Waals surface area contributed by atoms with Crippen molar-refractivity contribution in [3.05, 3.63) is 70.9 Å². The van der Waals surface area contributed by atoms with Gasteiger partial charge in [-0.3, -0.25) is 9.59 Å². The lowest BCUT2D eigenvalue weighted by molar-refractivity contribution is -0.136. The molecule has 190 valence electrons. The molecule has 0 bridgehead atoms. The molecule has 9 nitrogen and oxygen atoms in total. The van der Waals surface area contributed by atoms with Crippen molar-refractivity contribution >= 4 is 29.5 Å². The Kier molecular flexibility index (Phi) is 9.24. The van der Waals surface area contributed by atoms with Gasteiger partial charge in [0.2, 0.25) is 0 Å². The normalized spacial score (nSPS) is 14.3. The number of ether oxygens (including phenoxy) is 4. The third-order valence-corrected chi connectivity index (χ3v) is 5.57. The van der Waals surface area contributed by atoms with Gasteiger partial charge in [-0.05, 0) is 49.2 Å². The molecule has 0 aromatic heterocycles. The molecule has 0 unspecified atom stereocenters. The van der Waals surface area contributed by atoms with E-state index in [4.69, 9.17) is 18.9 Å². The number of anilines is 1. The molecule has 1 heterocycles. The smallest absolute Gasteiger partial charge is 0.340 e. The average molecular weight is 495 g/mol. The molecular weight excluding hydrogens is 464 g/mol. The number of esters is 1. The third-order valence-electron chi connectivity index (χ3n) is 5.57. The molecule has 1 N–H and O–H groups in total. The maximum Gasteiger partial charge on any atom is 0.340 e. The summed E-state index contributed by atoms with van der Waals surface area (Å²) in [5.41, 5.74) is 2.31. The third kappa shape index (κ3) is 6.31. The molecule has 2 aromatic rings. The van der Waals surface area contributed by atoms with Gasteiger partial charge in [0.05, 0.1) is 31.1 Å². The fourth-order valence-corrected chi connectivity index (χ4v) is 3.77. The van der Waals surface area contributed by atoms with E-state index in [0.29, 0.717) is 48.0 Å². The number of nitrogens with zero attached hydrogens (tertiary/aromatic N) is 1. The first-order valence-corrected chi connectivity index (χ1v) is 11.4. The molecule has 1 aliphatic rings. The van der Waals surface area contributed by atoms with Crippen molar-refractivity contribution in [3.8, 4) is 11.5 Å². The minimum Gasteiger partial charge on any atom is -0.495 e. The van der Waals surface area contributed by atoms with Crippen LogP contribution in [0.3, 0.4) is 0 Å². The molecular formula is C27H30N2O7. The van der Waals surface area contributed by atoms with Crippen LogP contribution in [0.2, 0.25) is 0 Å². The van der Waals surface area contributed by atoms with Gasteiger partial charge in [-0.25, -0.2) is 4.79 Å². The lowest BCUT2D eigenvalue weighted by Crippen LogP contribution is -2.26. The first kappa shape index (κ1) is 26.5. The maximum absolute atomic E-state index is 13.1. The highest BCUT2D eigenvalue weighted by molar-refractivity contribution is 6.16. The Morgan fingerprint density at radius 2 is 1.75 bits per heavy atom. The topological polar surface area (TPSA) is 103 Å². The van der Waals surface area contributed by atoms with Gasteiger partial charge in [0.25, 0.3) is 11.8 Å². The lowest BCUT2D eigenvalue weighted by Gasteiger charge is -2.17. The standard InChI is InChI=1S/C27H30N2O7/c1-18-25(27(32)35-4)21(26(31)29(18)14-7-15-33-2)16-19-10-12-20(13-11-19)36-17-24(30)28-22-8-5-6-9-23(22)34-3/h5-6,8-13,16H,7,14-15,17H2,1-4H3,(H,28,30)/b21-16-. The number of carbonyl (C=O) groups excluding carboxylic acids is 3. The van der Waals surface area contributed by atoms with Crippen molar-refractivity contribution < 1.29 is 33.3 Å². The van der Waals surface area contributed by atoms with E-state index >= 15 is 0 Å². The van der Waals surface area contributed by atoms with E-state index in [1.807, 2.05) is 6.07 Å². The number of hydrogen-bond donors (Lipinski definition) is 1. The summed E-state index contributed by atoms with van der Waals surface area (Å²) in [6.45, 7) is 2.47. The van der Waals surface area contributed by atoms with Gasteiger partial charge in [-0.2, -0.15) is 0 Å². The Bertz CT molecular complexity index is 1170. The van der Waals surface area contributed by atoms with Crippen molar-refractivity contribution in [1.82, 2.24) is 4.90 Å². The summed E-state index contributed by atoms with van der Waals surface area (Å²) >= 11 is 0. The Morgan fingerprint density at radius 1 is 1.03 bits per heavy atom. The number of methoxy groups -OCH3 is 3. The van der Waals surface area contributed by atoms with Gasteiger partial charge in [0, 0.05) is 26.0 Å². The summed E-state index contributed by atoms with van der Waals surface area (Å²) in [4.78, 5) is 39.3. The number of hydrogen-bond acceptors (Lipinski definition) is 7. The number of rotatable bonds is 11. The second-order valence-corrected chi connectivity index (χ2v) is 7.92. The molecule has 0 fully saturated rings. The van der Waals surface area contributed by atoms with Crippen LogP contribution < -0.4 is 14.8 Å². The van der Waals surface area contributed by atoms with Crippen molar-refractivity contribution in [1.29, 1.82) is 0 Å². The van der Waals surface area contributed by atoms with Gasteiger partial charge >= 0.3 is 5.97 Å². The Labute approximate surface area is 210 Å². The van der Waals surface area contributed by atoms with Crippen LogP contribution in [0.4, 0.5) is 5.69 Å². The highest BCUT2D eigenvalue weighted by Crippen LogP contribution is 2.32. The van der Waals surface area contributed by atoms with Gasteiger partial charge in [0.15, 0.2) is 6.61 Å². The molecule has 2 amide bonds. The van der Waals surface area contributed by atoms with Crippen LogP contribution >= 0.6 is 0 Å². The number of benzene rings is 2. The van der Waals surface area contributed by atoms with Crippen molar-refractivity contribution in [3.63, 3.8) is 0 Å². The fourth-order valence-electron chi connectivity index (χ4n) is 3.77. The second-order valence-electron chi connectivity index (χ2n) is 7.92. The van der Waals surface area contributed by atoms with Gasteiger partial charge in [0.1, 0.15) is 11.5 Å². The first-order chi connectivity index (χ1) is 17.4. The van der Waals surface area contributed by atoms with E-state index in [0.717, 1.165) is 0 Å². The van der Waals surface area contributed by atoms with Crippen LogP contribution in [0, 0.1) is 0 Å². The van der Waals surface area contributed by atoms with Crippen molar-refractivity contribution in [2.24, 2.45) is 0 Å². The molecule has 0 saturated carbocycles. The van der Waals surface area contributed by atoms with Crippen LogP contribution in [0.1, 0.15) is 18.9 Å². The van der Waals surface area contributed by atoms with Crippen LogP contribution in [0.5, 0.6) is 11.5 Å². The van der Waals surface area contributed by atoms with Gasteiger partial charge in [-0.1, -0.05) is 24.3 Å². The predicted molar refractivity (Wildman–Crippen MR) is 134 cm³/mol. The van der Waals surface area contributed by atoms with Crippen LogP contribution in [0.15, 0.2) is 65.4 Å². The number of para-hydroxylation sites is 2. The van der Waals surface area contributed by atoms with Gasteiger partial charge in [-0.15, -0.1) is 0 Å². The zero-order valence-electron chi connectivity index (χ0n) is 20.8. The largest absolute Gasteiger partial charge is 0.495 e. The van der Waals surface area contributed by atoms with E-state index in [2.05, 4.69) is 5.32 Å². The summed E-state index contributed by atoms with van der Waals surface area (Å²) in [5, 5.41) is 2.75. The quantitative estimate of drug-likeness (QED) is 0.290. The number of carbonyl (C=O) groups is 3. The fraction of sp³-hybridized carbons (Fsp3) is 0.296. The highest BCUT2D eigenvalue weighted by atomic mass is 16.5. The van der Waals surface area contributed by atoms with Crippen LogP contribution in [-0.4, -0.2) is 63.8 Å².